The van der Waals surface area contributed by atoms with E-state index in [9.17, 15) is 0 Å². The van der Waals surface area contributed by atoms with E-state index >= 15 is 0 Å². The predicted molar refractivity (Wildman–Crippen MR) is 155 cm³/mol. The van der Waals surface area contributed by atoms with Crippen LogP contribution in [0.15, 0.2) is 72.8 Å². The summed E-state index contributed by atoms with van der Waals surface area (Å²) in [5.41, 5.74) is 14.3. The highest BCUT2D eigenvalue weighted by Crippen LogP contribution is 2.32. The van der Waals surface area contributed by atoms with Crippen LogP contribution < -0.4 is 0 Å². The summed E-state index contributed by atoms with van der Waals surface area (Å²) in [5.74, 6) is 1.13. The third-order valence-corrected chi connectivity index (χ3v) is 6.99. The fourth-order valence-electron chi connectivity index (χ4n) is 5.45. The molecule has 1 aromatic heterocycles. The number of halogens is 1. The van der Waals surface area contributed by atoms with Crippen molar-refractivity contribution >= 4 is 11.6 Å². The SMILES string of the molecule is Cc1cc(C)c(-c2ccc(-c3nc(Cl)nc(-c4ccc(-c5c(C)cc(C)cc5C)cc4)n3)cc2)c(C)c1. The number of hydrogen-bond donors (Lipinski definition) is 0. The Kier molecular flexibility index (Phi) is 6.66. The summed E-state index contributed by atoms with van der Waals surface area (Å²) in [6, 6.07) is 25.6. The molecule has 0 spiro atoms. The average Bonchev–Trinajstić information content (AvgIpc) is 2.83. The van der Waals surface area contributed by atoms with Gasteiger partial charge in [0, 0.05) is 11.1 Å². The summed E-state index contributed by atoms with van der Waals surface area (Å²) >= 11 is 6.35. The molecule has 184 valence electrons. The maximum atomic E-state index is 6.35. The zero-order valence-corrected chi connectivity index (χ0v) is 22.9. The Hall–Kier alpha value is -3.82. The molecule has 0 radical (unpaired) electrons. The first-order valence-corrected chi connectivity index (χ1v) is 12.9. The van der Waals surface area contributed by atoms with Crippen molar-refractivity contribution in [3.05, 3.63) is 111 Å². The van der Waals surface area contributed by atoms with Crippen molar-refractivity contribution in [3.63, 3.8) is 0 Å². The number of benzene rings is 4. The molecule has 1 heterocycles. The summed E-state index contributed by atoms with van der Waals surface area (Å²) in [6.45, 7) is 12.9. The fourth-order valence-corrected chi connectivity index (χ4v) is 5.61. The van der Waals surface area contributed by atoms with Crippen LogP contribution in [0.3, 0.4) is 0 Å². The van der Waals surface area contributed by atoms with Gasteiger partial charge in [-0.25, -0.2) is 4.98 Å². The molecule has 3 nitrogen and oxygen atoms in total. The highest BCUT2D eigenvalue weighted by Gasteiger charge is 2.13. The molecule has 0 saturated carbocycles. The topological polar surface area (TPSA) is 38.7 Å². The van der Waals surface area contributed by atoms with Crippen molar-refractivity contribution in [1.29, 1.82) is 0 Å². The van der Waals surface area contributed by atoms with Gasteiger partial charge in [0.25, 0.3) is 0 Å². The maximum absolute atomic E-state index is 6.35. The molecule has 4 heteroatoms. The monoisotopic (exact) mass is 503 g/mol. The lowest BCUT2D eigenvalue weighted by Gasteiger charge is -2.13. The van der Waals surface area contributed by atoms with E-state index in [-0.39, 0.29) is 5.28 Å². The molecular weight excluding hydrogens is 474 g/mol. The van der Waals surface area contributed by atoms with Crippen molar-refractivity contribution in [3.8, 4) is 45.0 Å². The summed E-state index contributed by atoms with van der Waals surface area (Å²) in [7, 11) is 0. The minimum Gasteiger partial charge on any atom is -0.208 e. The molecule has 0 aliphatic rings. The van der Waals surface area contributed by atoms with Crippen molar-refractivity contribution in [2.24, 2.45) is 0 Å². The summed E-state index contributed by atoms with van der Waals surface area (Å²) in [5, 5.41) is 0.184. The molecule has 0 atom stereocenters. The van der Waals surface area contributed by atoms with Gasteiger partial charge in [-0.2, -0.15) is 9.97 Å². The number of aromatic nitrogens is 3. The smallest absolute Gasteiger partial charge is 0.208 e. The molecule has 5 aromatic rings. The van der Waals surface area contributed by atoms with Crippen molar-refractivity contribution in [2.45, 2.75) is 41.5 Å². The molecule has 0 aliphatic heterocycles. The molecular formula is C33H30ClN3. The molecule has 0 fully saturated rings. The van der Waals surface area contributed by atoms with Gasteiger partial charge < -0.3 is 0 Å². The van der Waals surface area contributed by atoms with Crippen molar-refractivity contribution < 1.29 is 0 Å². The van der Waals surface area contributed by atoms with Crippen molar-refractivity contribution in [1.82, 2.24) is 15.0 Å². The molecule has 0 aliphatic carbocycles. The molecule has 4 aromatic carbocycles. The minimum absolute atomic E-state index is 0.184. The Balaban J connectivity index is 1.47. The summed E-state index contributed by atoms with van der Waals surface area (Å²) in [6.07, 6.45) is 0. The van der Waals surface area contributed by atoms with E-state index in [1.807, 2.05) is 0 Å². The first-order valence-electron chi connectivity index (χ1n) is 12.5. The van der Waals surface area contributed by atoms with Gasteiger partial charge in [-0.05, 0) is 97.7 Å². The van der Waals surface area contributed by atoms with E-state index in [0.717, 1.165) is 11.1 Å². The second-order valence-electron chi connectivity index (χ2n) is 9.95. The minimum atomic E-state index is 0.184. The zero-order valence-electron chi connectivity index (χ0n) is 22.1. The highest BCUT2D eigenvalue weighted by molar-refractivity contribution is 6.28. The zero-order chi connectivity index (χ0) is 26.3. The van der Waals surface area contributed by atoms with Crippen LogP contribution in [0.2, 0.25) is 5.28 Å². The fraction of sp³-hybridized carbons (Fsp3) is 0.182. The van der Waals surface area contributed by atoms with Crippen molar-refractivity contribution in [2.75, 3.05) is 0 Å². The maximum Gasteiger partial charge on any atom is 0.226 e. The number of rotatable bonds is 4. The van der Waals surface area contributed by atoms with Crippen LogP contribution in [0.5, 0.6) is 0 Å². The van der Waals surface area contributed by atoms with Gasteiger partial charge in [0.05, 0.1) is 0 Å². The van der Waals surface area contributed by atoms with Gasteiger partial charge in [0.1, 0.15) is 0 Å². The Bertz CT molecular complexity index is 1450. The quantitative estimate of drug-likeness (QED) is 0.245. The number of nitrogens with zero attached hydrogens (tertiary/aromatic N) is 3. The Morgan fingerprint density at radius 1 is 0.432 bits per heavy atom. The molecule has 0 bridgehead atoms. The van der Waals surface area contributed by atoms with Gasteiger partial charge in [0.15, 0.2) is 11.6 Å². The lowest BCUT2D eigenvalue weighted by molar-refractivity contribution is 1.07. The van der Waals surface area contributed by atoms with Crippen LogP contribution in [0.4, 0.5) is 0 Å². The van der Waals surface area contributed by atoms with Crippen LogP contribution in [0.25, 0.3) is 45.0 Å². The molecule has 5 rings (SSSR count). The van der Waals surface area contributed by atoms with Gasteiger partial charge >= 0.3 is 0 Å². The Morgan fingerprint density at radius 3 is 1.05 bits per heavy atom. The second-order valence-corrected chi connectivity index (χ2v) is 10.3. The predicted octanol–water partition coefficient (Wildman–Crippen LogP) is 9.04. The van der Waals surface area contributed by atoms with Gasteiger partial charge in [0.2, 0.25) is 5.28 Å². The van der Waals surface area contributed by atoms with Gasteiger partial charge in [-0.3, -0.25) is 0 Å². The summed E-state index contributed by atoms with van der Waals surface area (Å²) in [4.78, 5) is 13.6. The highest BCUT2D eigenvalue weighted by atomic mass is 35.5. The number of hydrogen-bond acceptors (Lipinski definition) is 3. The number of aryl methyl sites for hydroxylation is 6. The molecule has 0 saturated heterocycles. The van der Waals surface area contributed by atoms with E-state index in [4.69, 9.17) is 16.6 Å². The van der Waals surface area contributed by atoms with Crippen LogP contribution in [-0.4, -0.2) is 15.0 Å². The largest absolute Gasteiger partial charge is 0.226 e. The van der Waals surface area contributed by atoms with Crippen LogP contribution >= 0.6 is 11.6 Å². The molecule has 0 N–H and O–H groups in total. The lowest BCUT2D eigenvalue weighted by Crippen LogP contribution is -1.98. The van der Waals surface area contributed by atoms with Crippen LogP contribution in [-0.2, 0) is 0 Å². The third-order valence-electron chi connectivity index (χ3n) is 6.83. The van der Waals surface area contributed by atoms with E-state index in [2.05, 4.69) is 124 Å². The second kappa shape index (κ2) is 9.91. The first-order chi connectivity index (χ1) is 17.7. The van der Waals surface area contributed by atoms with E-state index in [0.29, 0.717) is 11.6 Å². The average molecular weight is 504 g/mol. The normalized spacial score (nSPS) is 11.1. The van der Waals surface area contributed by atoms with E-state index < -0.39 is 0 Å². The molecule has 37 heavy (non-hydrogen) atoms. The van der Waals surface area contributed by atoms with Gasteiger partial charge in [-0.15, -0.1) is 0 Å². The Morgan fingerprint density at radius 2 is 0.730 bits per heavy atom. The van der Waals surface area contributed by atoms with Crippen LogP contribution in [0.1, 0.15) is 33.4 Å². The molecule has 0 amide bonds. The standard InChI is InChI=1S/C33H30ClN3/c1-19-15-21(3)29(22(4)16-19)25-7-11-27(12-8-25)31-35-32(37-33(34)36-31)28-13-9-26(10-14-28)30-23(5)17-20(2)18-24(30)6/h7-18H,1-6H3. The first kappa shape index (κ1) is 24.9. The van der Waals surface area contributed by atoms with Crippen LogP contribution in [0, 0.1) is 41.5 Å². The van der Waals surface area contributed by atoms with E-state index in [1.54, 1.807) is 0 Å². The Labute approximate surface area is 224 Å². The lowest BCUT2D eigenvalue weighted by atomic mass is 9.93. The van der Waals surface area contributed by atoms with E-state index in [1.165, 1.54) is 55.6 Å². The molecule has 0 unspecified atom stereocenters. The van der Waals surface area contributed by atoms with Gasteiger partial charge in [-0.1, -0.05) is 83.9 Å². The summed E-state index contributed by atoms with van der Waals surface area (Å²) < 4.78 is 0. The third kappa shape index (κ3) is 5.05.